The van der Waals surface area contributed by atoms with Crippen LogP contribution in [-0.4, -0.2) is 27.5 Å². The Bertz CT molecular complexity index is 639. The molecule has 0 heterocycles. The molecule has 1 N–H and O–H groups in total. The minimum Gasteiger partial charge on any atom is -0.465 e. The van der Waals surface area contributed by atoms with E-state index >= 15 is 0 Å². The fraction of sp³-hybridized carbons (Fsp3) is 0.533. The fourth-order valence-corrected chi connectivity index (χ4v) is 4.29. The minimum atomic E-state index is -3.62. The molecule has 21 heavy (non-hydrogen) atoms. The Morgan fingerprint density at radius 1 is 1.33 bits per heavy atom. The van der Waals surface area contributed by atoms with Crippen LogP contribution in [0.1, 0.15) is 42.1 Å². The van der Waals surface area contributed by atoms with Gasteiger partial charge >= 0.3 is 5.97 Å². The van der Waals surface area contributed by atoms with Gasteiger partial charge in [-0.3, -0.25) is 0 Å². The van der Waals surface area contributed by atoms with E-state index in [1.54, 1.807) is 19.1 Å². The first-order valence-electron chi connectivity index (χ1n) is 7.05. The summed E-state index contributed by atoms with van der Waals surface area (Å²) in [5.74, 6) is 0.00105. The lowest BCUT2D eigenvalue weighted by Crippen LogP contribution is -2.33. The topological polar surface area (TPSA) is 72.5 Å². The highest BCUT2D eigenvalue weighted by Crippen LogP contribution is 2.27. The summed E-state index contributed by atoms with van der Waals surface area (Å²) >= 11 is 0. The number of carbonyl (C=O) groups excluding carboxylic acids is 1. The zero-order valence-corrected chi connectivity index (χ0v) is 13.4. The summed E-state index contributed by atoms with van der Waals surface area (Å²) in [6.07, 6.45) is 2.75. The number of carbonyl (C=O) groups is 1. The van der Waals surface area contributed by atoms with E-state index in [1.165, 1.54) is 13.2 Å². The smallest absolute Gasteiger partial charge is 0.337 e. The number of benzene rings is 1. The van der Waals surface area contributed by atoms with Crippen LogP contribution in [0.25, 0.3) is 0 Å². The number of aryl methyl sites for hydroxylation is 1. The van der Waals surface area contributed by atoms with Crippen LogP contribution in [0, 0.1) is 12.8 Å². The van der Waals surface area contributed by atoms with Gasteiger partial charge in [-0.15, -0.1) is 0 Å². The SMILES string of the molecule is COC(=O)c1ccc(C)c(S(=O)(=O)NC2CCC(C)C2)c1. The highest BCUT2D eigenvalue weighted by molar-refractivity contribution is 7.89. The summed E-state index contributed by atoms with van der Waals surface area (Å²) in [6.45, 7) is 3.84. The molecule has 0 aliphatic heterocycles. The van der Waals surface area contributed by atoms with Gasteiger partial charge in [-0.2, -0.15) is 0 Å². The molecule has 1 aliphatic carbocycles. The van der Waals surface area contributed by atoms with Gasteiger partial charge in [0.15, 0.2) is 0 Å². The molecule has 0 aromatic heterocycles. The lowest BCUT2D eigenvalue weighted by Gasteiger charge is -2.15. The summed E-state index contributed by atoms with van der Waals surface area (Å²) in [4.78, 5) is 11.7. The highest BCUT2D eigenvalue weighted by atomic mass is 32.2. The Hall–Kier alpha value is -1.40. The second kappa shape index (κ2) is 6.15. The van der Waals surface area contributed by atoms with Crippen molar-refractivity contribution in [3.05, 3.63) is 29.3 Å². The quantitative estimate of drug-likeness (QED) is 0.866. The van der Waals surface area contributed by atoms with E-state index in [0.29, 0.717) is 11.5 Å². The molecule has 6 heteroatoms. The van der Waals surface area contributed by atoms with E-state index in [9.17, 15) is 13.2 Å². The van der Waals surface area contributed by atoms with Crippen LogP contribution in [0.3, 0.4) is 0 Å². The molecule has 2 rings (SSSR count). The molecule has 0 spiro atoms. The molecule has 116 valence electrons. The third-order valence-electron chi connectivity index (χ3n) is 3.92. The average Bonchev–Trinajstić information content (AvgIpc) is 2.82. The monoisotopic (exact) mass is 311 g/mol. The van der Waals surface area contributed by atoms with Gasteiger partial charge in [0, 0.05) is 6.04 Å². The molecule has 1 saturated carbocycles. The second-order valence-corrected chi connectivity index (χ2v) is 7.39. The van der Waals surface area contributed by atoms with E-state index in [-0.39, 0.29) is 16.5 Å². The van der Waals surface area contributed by atoms with E-state index in [4.69, 9.17) is 0 Å². The summed E-state index contributed by atoms with van der Waals surface area (Å²) in [6, 6.07) is 4.55. The van der Waals surface area contributed by atoms with Crippen molar-refractivity contribution in [1.82, 2.24) is 4.72 Å². The van der Waals surface area contributed by atoms with Crippen molar-refractivity contribution in [2.75, 3.05) is 7.11 Å². The first kappa shape index (κ1) is 16.0. The summed E-state index contributed by atoms with van der Waals surface area (Å²) < 4.78 is 32.4. The van der Waals surface area contributed by atoms with Gasteiger partial charge in [0.1, 0.15) is 0 Å². The molecule has 1 aromatic carbocycles. The van der Waals surface area contributed by atoms with Crippen molar-refractivity contribution in [2.24, 2.45) is 5.92 Å². The maximum Gasteiger partial charge on any atom is 0.337 e. The molecule has 2 atom stereocenters. The number of sulfonamides is 1. The molecule has 0 radical (unpaired) electrons. The second-order valence-electron chi connectivity index (χ2n) is 5.71. The number of nitrogens with one attached hydrogen (secondary N) is 1. The molecule has 0 bridgehead atoms. The van der Waals surface area contributed by atoms with Gasteiger partial charge in [0.2, 0.25) is 10.0 Å². The van der Waals surface area contributed by atoms with Gasteiger partial charge in [0.25, 0.3) is 0 Å². The number of ether oxygens (including phenoxy) is 1. The Kier molecular flexibility index (Phi) is 4.68. The molecular formula is C15H21NO4S. The highest BCUT2D eigenvalue weighted by Gasteiger charge is 2.27. The molecule has 5 nitrogen and oxygen atoms in total. The van der Waals surface area contributed by atoms with Crippen molar-refractivity contribution in [3.63, 3.8) is 0 Å². The third kappa shape index (κ3) is 3.63. The zero-order chi connectivity index (χ0) is 15.6. The predicted octanol–water partition coefficient (Wildman–Crippen LogP) is 2.25. The normalized spacial score (nSPS) is 22.2. The first-order valence-corrected chi connectivity index (χ1v) is 8.53. The van der Waals surface area contributed by atoms with E-state index < -0.39 is 16.0 Å². The van der Waals surface area contributed by atoms with E-state index in [1.807, 2.05) is 0 Å². The molecule has 1 aliphatic rings. The summed E-state index contributed by atoms with van der Waals surface area (Å²) in [7, 11) is -2.35. The van der Waals surface area contributed by atoms with Crippen LogP contribution in [-0.2, 0) is 14.8 Å². The summed E-state index contributed by atoms with van der Waals surface area (Å²) in [5, 5.41) is 0. The van der Waals surface area contributed by atoms with Gasteiger partial charge in [0.05, 0.1) is 17.6 Å². The van der Waals surface area contributed by atoms with Crippen molar-refractivity contribution < 1.29 is 17.9 Å². The van der Waals surface area contributed by atoms with Gasteiger partial charge in [-0.25, -0.2) is 17.9 Å². The van der Waals surface area contributed by atoms with Crippen molar-refractivity contribution >= 4 is 16.0 Å². The van der Waals surface area contributed by atoms with Crippen LogP contribution in [0.4, 0.5) is 0 Å². The molecule has 1 aromatic rings. The summed E-state index contributed by atoms with van der Waals surface area (Å²) in [5.41, 5.74) is 0.851. The maximum atomic E-state index is 12.5. The molecule has 2 unspecified atom stereocenters. The molecule has 0 saturated heterocycles. The lowest BCUT2D eigenvalue weighted by atomic mass is 10.1. The molecular weight excluding hydrogens is 290 g/mol. The van der Waals surface area contributed by atoms with E-state index in [2.05, 4.69) is 16.4 Å². The van der Waals surface area contributed by atoms with Crippen LogP contribution in [0.2, 0.25) is 0 Å². The van der Waals surface area contributed by atoms with Crippen molar-refractivity contribution in [3.8, 4) is 0 Å². The lowest BCUT2D eigenvalue weighted by molar-refractivity contribution is 0.0600. The Balaban J connectivity index is 2.28. The molecule has 1 fully saturated rings. The number of methoxy groups -OCH3 is 1. The van der Waals surface area contributed by atoms with Crippen molar-refractivity contribution in [2.45, 2.75) is 44.0 Å². The first-order chi connectivity index (χ1) is 9.83. The van der Waals surface area contributed by atoms with Crippen LogP contribution >= 0.6 is 0 Å². The van der Waals surface area contributed by atoms with Gasteiger partial charge in [-0.1, -0.05) is 13.0 Å². The van der Waals surface area contributed by atoms with E-state index in [0.717, 1.165) is 19.3 Å². The zero-order valence-electron chi connectivity index (χ0n) is 12.5. The van der Waals surface area contributed by atoms with Crippen LogP contribution in [0.5, 0.6) is 0 Å². The average molecular weight is 311 g/mol. The Labute approximate surface area is 125 Å². The number of rotatable bonds is 4. The maximum absolute atomic E-state index is 12.5. The largest absolute Gasteiger partial charge is 0.465 e. The standard InChI is InChI=1S/C15H21NO4S/c1-10-4-7-13(8-10)16-21(18,19)14-9-12(15(17)20-3)6-5-11(14)2/h5-6,9-10,13,16H,4,7-8H2,1-3H3. The van der Waals surface area contributed by atoms with Gasteiger partial charge < -0.3 is 4.74 Å². The number of hydrogen-bond acceptors (Lipinski definition) is 4. The third-order valence-corrected chi connectivity index (χ3v) is 5.58. The van der Waals surface area contributed by atoms with Crippen LogP contribution < -0.4 is 4.72 Å². The Morgan fingerprint density at radius 3 is 2.62 bits per heavy atom. The van der Waals surface area contributed by atoms with Crippen molar-refractivity contribution in [1.29, 1.82) is 0 Å². The van der Waals surface area contributed by atoms with Crippen LogP contribution in [0.15, 0.2) is 23.1 Å². The Morgan fingerprint density at radius 2 is 2.05 bits per heavy atom. The molecule has 0 amide bonds. The van der Waals surface area contributed by atoms with Gasteiger partial charge in [-0.05, 0) is 49.8 Å². The predicted molar refractivity (Wildman–Crippen MR) is 79.6 cm³/mol. The fourth-order valence-electron chi connectivity index (χ4n) is 2.73. The number of hydrogen-bond donors (Lipinski definition) is 1. The number of esters is 1. The minimum absolute atomic E-state index is 0.0221.